The van der Waals surface area contributed by atoms with E-state index in [1.807, 2.05) is 37.5 Å². The smallest absolute Gasteiger partial charge is 0.138 e. The Kier molecular flexibility index (Phi) is 3.95. The van der Waals surface area contributed by atoms with Gasteiger partial charge in [-0.1, -0.05) is 0 Å². The fourth-order valence-corrected chi connectivity index (χ4v) is 4.00. The molecule has 2 aromatic rings. The van der Waals surface area contributed by atoms with Gasteiger partial charge in [0.05, 0.1) is 11.9 Å². The molecule has 4 rings (SSSR count). The molecule has 5 nitrogen and oxygen atoms in total. The predicted octanol–water partition coefficient (Wildman–Crippen LogP) is 2.47. The number of likely N-dealkylation sites (tertiary alicyclic amines) is 1. The topological polar surface area (TPSA) is 51.1 Å². The Morgan fingerprint density at radius 1 is 1.22 bits per heavy atom. The summed E-state index contributed by atoms with van der Waals surface area (Å²) in [5.41, 5.74) is 1.11. The lowest BCUT2D eigenvalue weighted by atomic mass is 9.99. The van der Waals surface area contributed by atoms with E-state index in [0.29, 0.717) is 12.0 Å². The average Bonchev–Trinajstić information content (AvgIpc) is 3.10. The second kappa shape index (κ2) is 6.24. The number of rotatable bonds is 4. The van der Waals surface area contributed by atoms with E-state index in [0.717, 1.165) is 49.2 Å². The fourth-order valence-electron chi connectivity index (χ4n) is 4.00. The molecule has 0 unspecified atom stereocenters. The highest BCUT2D eigenvalue weighted by Gasteiger charge is 2.43. The van der Waals surface area contributed by atoms with Crippen molar-refractivity contribution in [1.82, 2.24) is 19.9 Å². The highest BCUT2D eigenvalue weighted by molar-refractivity contribution is 5.16. The van der Waals surface area contributed by atoms with Gasteiger partial charge >= 0.3 is 0 Å². The van der Waals surface area contributed by atoms with Crippen LogP contribution in [0.5, 0.6) is 5.75 Å². The van der Waals surface area contributed by atoms with Gasteiger partial charge in [0.25, 0.3) is 0 Å². The Bertz CT molecular complexity index is 663. The van der Waals surface area contributed by atoms with Gasteiger partial charge in [0.15, 0.2) is 0 Å². The summed E-state index contributed by atoms with van der Waals surface area (Å²) in [6.45, 7) is 5.11. The highest BCUT2D eigenvalue weighted by atomic mass is 16.5. The standard InChI is InChI=1S/C18H22N4O/c1-13-20-8-6-15(21-13)11-22-10-14-4-5-18(17(14)12-22)23-16-3-2-7-19-9-16/h2-3,6-9,14,17-18H,4-5,10-12H2,1H3/t14-,17+,18-/m1/s1. The maximum Gasteiger partial charge on any atom is 0.138 e. The van der Waals surface area contributed by atoms with Crippen LogP contribution in [-0.2, 0) is 6.54 Å². The van der Waals surface area contributed by atoms with Crippen LogP contribution in [-0.4, -0.2) is 39.0 Å². The van der Waals surface area contributed by atoms with Gasteiger partial charge in [-0.3, -0.25) is 9.88 Å². The Hall–Kier alpha value is -2.01. The summed E-state index contributed by atoms with van der Waals surface area (Å²) in [4.78, 5) is 15.4. The first kappa shape index (κ1) is 14.6. The van der Waals surface area contributed by atoms with Crippen LogP contribution in [0.15, 0.2) is 36.8 Å². The number of aryl methyl sites for hydroxylation is 1. The molecule has 1 aliphatic carbocycles. The number of pyridine rings is 1. The third kappa shape index (κ3) is 3.20. The van der Waals surface area contributed by atoms with Crippen molar-refractivity contribution in [3.05, 3.63) is 48.3 Å². The van der Waals surface area contributed by atoms with Crippen molar-refractivity contribution in [2.45, 2.75) is 32.4 Å². The fraction of sp³-hybridized carbons (Fsp3) is 0.500. The first-order chi connectivity index (χ1) is 11.3. The van der Waals surface area contributed by atoms with Gasteiger partial charge in [-0.15, -0.1) is 0 Å². The molecule has 0 spiro atoms. The zero-order chi connectivity index (χ0) is 15.6. The van der Waals surface area contributed by atoms with E-state index in [9.17, 15) is 0 Å². The SMILES string of the molecule is Cc1nccc(CN2C[C@H]3CC[C@@H](Oc4cccnc4)[C@H]3C2)n1. The van der Waals surface area contributed by atoms with E-state index in [1.54, 1.807) is 6.20 Å². The third-order valence-electron chi connectivity index (χ3n) is 5.01. The average molecular weight is 310 g/mol. The maximum absolute atomic E-state index is 6.19. The molecule has 1 aliphatic heterocycles. The Labute approximate surface area is 136 Å². The predicted molar refractivity (Wildman–Crippen MR) is 86.9 cm³/mol. The molecule has 0 aromatic carbocycles. The molecule has 23 heavy (non-hydrogen) atoms. The number of ether oxygens (including phenoxy) is 1. The molecule has 1 saturated carbocycles. The molecule has 5 heteroatoms. The minimum atomic E-state index is 0.321. The van der Waals surface area contributed by atoms with E-state index in [4.69, 9.17) is 4.74 Å². The molecule has 3 atom stereocenters. The lowest BCUT2D eigenvalue weighted by molar-refractivity contribution is 0.147. The van der Waals surface area contributed by atoms with E-state index in [1.165, 1.54) is 6.42 Å². The van der Waals surface area contributed by atoms with Crippen LogP contribution < -0.4 is 4.74 Å². The largest absolute Gasteiger partial charge is 0.488 e. The molecule has 1 saturated heterocycles. The summed E-state index contributed by atoms with van der Waals surface area (Å²) in [6.07, 6.45) is 8.18. The van der Waals surface area contributed by atoms with Crippen molar-refractivity contribution in [3.63, 3.8) is 0 Å². The molecule has 3 heterocycles. The quantitative estimate of drug-likeness (QED) is 0.868. The van der Waals surface area contributed by atoms with Crippen molar-refractivity contribution < 1.29 is 4.74 Å². The Balaban J connectivity index is 1.39. The summed E-state index contributed by atoms with van der Waals surface area (Å²) < 4.78 is 6.19. The van der Waals surface area contributed by atoms with Crippen molar-refractivity contribution >= 4 is 0 Å². The Morgan fingerprint density at radius 3 is 3.00 bits per heavy atom. The van der Waals surface area contributed by atoms with Crippen molar-refractivity contribution in [1.29, 1.82) is 0 Å². The number of hydrogen-bond acceptors (Lipinski definition) is 5. The summed E-state index contributed by atoms with van der Waals surface area (Å²) in [5, 5.41) is 0. The number of aromatic nitrogens is 3. The van der Waals surface area contributed by atoms with E-state index in [-0.39, 0.29) is 0 Å². The molecule has 2 aromatic heterocycles. The highest BCUT2D eigenvalue weighted by Crippen LogP contribution is 2.40. The van der Waals surface area contributed by atoms with Crippen LogP contribution in [0, 0.1) is 18.8 Å². The van der Waals surface area contributed by atoms with Crippen LogP contribution in [0.2, 0.25) is 0 Å². The van der Waals surface area contributed by atoms with Crippen LogP contribution in [0.25, 0.3) is 0 Å². The zero-order valence-electron chi connectivity index (χ0n) is 13.4. The normalized spacial score (nSPS) is 27.1. The maximum atomic E-state index is 6.19. The van der Waals surface area contributed by atoms with Crippen LogP contribution >= 0.6 is 0 Å². The van der Waals surface area contributed by atoms with Crippen LogP contribution in [0.4, 0.5) is 0 Å². The molecule has 0 amide bonds. The molecular weight excluding hydrogens is 288 g/mol. The lowest BCUT2D eigenvalue weighted by Gasteiger charge is -2.21. The minimum Gasteiger partial charge on any atom is -0.488 e. The molecule has 2 fully saturated rings. The van der Waals surface area contributed by atoms with Gasteiger partial charge in [0, 0.05) is 37.9 Å². The second-order valence-corrected chi connectivity index (χ2v) is 6.64. The van der Waals surface area contributed by atoms with Gasteiger partial charge in [-0.05, 0) is 43.9 Å². The molecule has 0 N–H and O–H groups in total. The van der Waals surface area contributed by atoms with E-state index in [2.05, 4.69) is 19.9 Å². The van der Waals surface area contributed by atoms with Crippen molar-refractivity contribution in [2.24, 2.45) is 11.8 Å². The van der Waals surface area contributed by atoms with E-state index >= 15 is 0 Å². The third-order valence-corrected chi connectivity index (χ3v) is 5.01. The molecule has 0 radical (unpaired) electrons. The first-order valence-corrected chi connectivity index (χ1v) is 8.35. The molecule has 2 aliphatic rings. The summed E-state index contributed by atoms with van der Waals surface area (Å²) in [5.74, 6) is 3.11. The van der Waals surface area contributed by atoms with Crippen molar-refractivity contribution in [2.75, 3.05) is 13.1 Å². The van der Waals surface area contributed by atoms with E-state index < -0.39 is 0 Å². The lowest BCUT2D eigenvalue weighted by Crippen LogP contribution is -2.28. The van der Waals surface area contributed by atoms with Gasteiger partial charge in [0.2, 0.25) is 0 Å². The van der Waals surface area contributed by atoms with Gasteiger partial charge in [0.1, 0.15) is 17.7 Å². The van der Waals surface area contributed by atoms with Crippen LogP contribution in [0.3, 0.4) is 0 Å². The zero-order valence-corrected chi connectivity index (χ0v) is 13.4. The van der Waals surface area contributed by atoms with Gasteiger partial charge in [-0.25, -0.2) is 9.97 Å². The van der Waals surface area contributed by atoms with Crippen LogP contribution in [0.1, 0.15) is 24.4 Å². The number of fused-ring (bicyclic) bond motifs is 1. The van der Waals surface area contributed by atoms with Crippen molar-refractivity contribution in [3.8, 4) is 5.75 Å². The second-order valence-electron chi connectivity index (χ2n) is 6.64. The number of hydrogen-bond donors (Lipinski definition) is 0. The summed E-state index contributed by atoms with van der Waals surface area (Å²) >= 11 is 0. The summed E-state index contributed by atoms with van der Waals surface area (Å²) in [7, 11) is 0. The molecule has 0 bridgehead atoms. The minimum absolute atomic E-state index is 0.321. The van der Waals surface area contributed by atoms with Gasteiger partial charge < -0.3 is 4.74 Å². The molecular formula is C18H22N4O. The first-order valence-electron chi connectivity index (χ1n) is 8.35. The number of nitrogens with zero attached hydrogens (tertiary/aromatic N) is 4. The monoisotopic (exact) mass is 310 g/mol. The Morgan fingerprint density at radius 2 is 2.17 bits per heavy atom. The molecule has 120 valence electrons. The van der Waals surface area contributed by atoms with Gasteiger partial charge in [-0.2, -0.15) is 0 Å². The summed E-state index contributed by atoms with van der Waals surface area (Å²) in [6, 6.07) is 5.95.